The zero-order valence-electron chi connectivity index (χ0n) is 14.3. The van der Waals surface area contributed by atoms with E-state index in [1.54, 1.807) is 13.0 Å². The maximum absolute atomic E-state index is 13.3. The van der Waals surface area contributed by atoms with E-state index in [2.05, 4.69) is 14.5 Å². The summed E-state index contributed by atoms with van der Waals surface area (Å²) in [4.78, 5) is 14.2. The summed E-state index contributed by atoms with van der Waals surface area (Å²) in [5, 5.41) is 20.2. The van der Waals surface area contributed by atoms with E-state index in [1.165, 1.54) is 12.1 Å². The summed E-state index contributed by atoms with van der Waals surface area (Å²) in [6, 6.07) is 7.65. The number of imidazole rings is 1. The van der Waals surface area contributed by atoms with Gasteiger partial charge < -0.3 is 13.7 Å². The number of nitro benzene ring substituents is 1. The number of aryl methyl sites for hydroxylation is 1. The zero-order chi connectivity index (χ0) is 20.9. The Morgan fingerprint density at radius 1 is 1.31 bits per heavy atom. The number of nitriles is 1. The van der Waals surface area contributed by atoms with Crippen molar-refractivity contribution in [3.05, 3.63) is 51.8 Å². The Kier molecular flexibility index (Phi) is 4.09. The van der Waals surface area contributed by atoms with Gasteiger partial charge in [-0.3, -0.25) is 10.1 Å². The smallest absolute Gasteiger partial charge is 0.395 e. The number of halogens is 2. The number of nitro groups is 1. The lowest BCUT2D eigenvalue weighted by Crippen LogP contribution is -2.25. The van der Waals surface area contributed by atoms with Crippen LogP contribution in [-0.4, -0.2) is 24.4 Å². The van der Waals surface area contributed by atoms with Gasteiger partial charge in [0.1, 0.15) is 6.07 Å². The molecule has 0 saturated carbocycles. The maximum Gasteiger partial charge on any atom is 0.586 e. The summed E-state index contributed by atoms with van der Waals surface area (Å²) in [5.41, 5.74) is 0.200. The summed E-state index contributed by atoms with van der Waals surface area (Å²) in [6.07, 6.45) is -3.86. The first-order valence-electron chi connectivity index (χ1n) is 7.76. The Labute approximate surface area is 162 Å². The first kappa shape index (κ1) is 18.6. The standard InChI is InChI=1S/C16H8F2N4O6S/c1-8-2-3-9(22(23)24)4-12(8)28-29(25)21-11-6-14-13(26-16(17,18)27-14)5-10(11)20-15(21)7-19/h2-6H,1H3. The number of benzene rings is 2. The number of aromatic nitrogens is 2. The fraction of sp³-hybridized carbons (Fsp3) is 0.125. The minimum atomic E-state index is -3.86. The molecule has 0 radical (unpaired) electrons. The van der Waals surface area contributed by atoms with Crippen LogP contribution in [0.15, 0.2) is 30.3 Å². The molecule has 0 N–H and O–H groups in total. The third kappa shape index (κ3) is 3.19. The minimum absolute atomic E-state index is 0.00279. The lowest BCUT2D eigenvalue weighted by atomic mass is 10.2. The molecule has 0 fully saturated rings. The van der Waals surface area contributed by atoms with Crippen molar-refractivity contribution in [2.75, 3.05) is 0 Å². The SMILES string of the molecule is Cc1ccc([N+](=O)[O-])cc1OS(=O)n1c(C#N)nc2cc3c(cc21)OC(F)(F)O3. The van der Waals surface area contributed by atoms with Crippen molar-refractivity contribution in [2.24, 2.45) is 0 Å². The summed E-state index contributed by atoms with van der Waals surface area (Å²) in [5.74, 6) is -1.03. The lowest BCUT2D eigenvalue weighted by molar-refractivity contribution is -0.384. The molecule has 148 valence electrons. The van der Waals surface area contributed by atoms with Crippen LogP contribution in [-0.2, 0) is 11.3 Å². The van der Waals surface area contributed by atoms with E-state index in [4.69, 9.17) is 4.18 Å². The van der Waals surface area contributed by atoms with Crippen LogP contribution in [0.5, 0.6) is 17.2 Å². The van der Waals surface area contributed by atoms with E-state index in [9.17, 15) is 28.4 Å². The second-order valence-electron chi connectivity index (χ2n) is 5.80. The molecule has 3 aromatic rings. The highest BCUT2D eigenvalue weighted by Gasteiger charge is 2.44. The maximum atomic E-state index is 13.3. The Hall–Kier alpha value is -3.79. The van der Waals surface area contributed by atoms with Gasteiger partial charge in [-0.1, -0.05) is 0 Å². The second-order valence-corrected chi connectivity index (χ2v) is 6.77. The molecule has 1 aliphatic heterocycles. The molecular weight excluding hydrogens is 414 g/mol. The monoisotopic (exact) mass is 422 g/mol. The highest BCUT2D eigenvalue weighted by Crippen LogP contribution is 2.43. The number of alkyl halides is 2. The van der Waals surface area contributed by atoms with Crippen LogP contribution in [0, 0.1) is 28.4 Å². The van der Waals surface area contributed by atoms with Gasteiger partial charge in [0.25, 0.3) is 5.69 Å². The van der Waals surface area contributed by atoms with Crippen LogP contribution < -0.4 is 13.7 Å². The van der Waals surface area contributed by atoms with Crippen molar-refractivity contribution in [3.63, 3.8) is 0 Å². The molecule has 1 atom stereocenters. The number of hydrogen-bond donors (Lipinski definition) is 0. The zero-order valence-corrected chi connectivity index (χ0v) is 15.1. The van der Waals surface area contributed by atoms with Crippen molar-refractivity contribution < 1.29 is 31.6 Å². The van der Waals surface area contributed by atoms with Gasteiger partial charge >= 0.3 is 17.6 Å². The number of ether oxygens (including phenoxy) is 2. The van der Waals surface area contributed by atoms with E-state index in [-0.39, 0.29) is 39.8 Å². The van der Waals surface area contributed by atoms with Crippen molar-refractivity contribution in [1.82, 2.24) is 8.96 Å². The van der Waals surface area contributed by atoms with Crippen molar-refractivity contribution in [3.8, 4) is 23.3 Å². The molecule has 1 unspecified atom stereocenters. The molecule has 13 heteroatoms. The Balaban J connectivity index is 1.78. The molecule has 0 aliphatic carbocycles. The van der Waals surface area contributed by atoms with E-state index >= 15 is 0 Å². The lowest BCUT2D eigenvalue weighted by Gasteiger charge is -2.09. The minimum Gasteiger partial charge on any atom is -0.395 e. The number of hydrogen-bond acceptors (Lipinski definition) is 8. The van der Waals surface area contributed by atoms with Crippen LogP contribution >= 0.6 is 0 Å². The predicted molar refractivity (Wildman–Crippen MR) is 92.7 cm³/mol. The molecule has 0 spiro atoms. The summed E-state index contributed by atoms with van der Waals surface area (Å²) >= 11 is -2.41. The number of non-ortho nitro benzene ring substituents is 1. The first-order chi connectivity index (χ1) is 13.7. The molecule has 0 amide bonds. The largest absolute Gasteiger partial charge is 0.586 e. The molecule has 1 aromatic heterocycles. The normalized spacial score (nSPS) is 15.1. The van der Waals surface area contributed by atoms with Crippen LogP contribution in [0.3, 0.4) is 0 Å². The Bertz CT molecular complexity index is 1250. The molecule has 29 heavy (non-hydrogen) atoms. The molecule has 0 bridgehead atoms. The number of nitrogens with zero attached hydrogens (tertiary/aromatic N) is 4. The Morgan fingerprint density at radius 2 is 2.00 bits per heavy atom. The highest BCUT2D eigenvalue weighted by atomic mass is 32.2. The van der Waals surface area contributed by atoms with Gasteiger partial charge in [-0.2, -0.15) is 13.4 Å². The number of rotatable bonds is 4. The summed E-state index contributed by atoms with van der Waals surface area (Å²) in [6.45, 7) is 1.58. The highest BCUT2D eigenvalue weighted by molar-refractivity contribution is 7.79. The second kappa shape index (κ2) is 6.38. The molecule has 4 rings (SSSR count). The van der Waals surface area contributed by atoms with E-state index in [1.807, 2.05) is 0 Å². The van der Waals surface area contributed by atoms with Gasteiger partial charge in [-0.15, -0.1) is 8.78 Å². The van der Waals surface area contributed by atoms with Gasteiger partial charge in [-0.05, 0) is 18.6 Å². The van der Waals surface area contributed by atoms with E-state index in [0.717, 1.165) is 22.2 Å². The molecule has 1 aliphatic rings. The van der Waals surface area contributed by atoms with Crippen molar-refractivity contribution in [1.29, 1.82) is 5.26 Å². The van der Waals surface area contributed by atoms with Crippen LogP contribution in [0.2, 0.25) is 0 Å². The van der Waals surface area contributed by atoms with E-state index < -0.39 is 22.5 Å². The third-order valence-corrected chi connectivity index (χ3v) is 4.92. The summed E-state index contributed by atoms with van der Waals surface area (Å²) < 4.78 is 54.2. The summed E-state index contributed by atoms with van der Waals surface area (Å²) in [7, 11) is 0. The fourth-order valence-corrected chi connectivity index (χ4v) is 3.57. The first-order valence-corrected chi connectivity index (χ1v) is 8.80. The third-order valence-electron chi connectivity index (χ3n) is 3.93. The quantitative estimate of drug-likeness (QED) is 0.463. The average Bonchev–Trinajstić information content (AvgIpc) is 3.15. The Morgan fingerprint density at radius 3 is 2.66 bits per heavy atom. The topological polar surface area (TPSA) is 130 Å². The average molecular weight is 422 g/mol. The number of fused-ring (bicyclic) bond motifs is 2. The molecular formula is C16H8F2N4O6S. The molecule has 0 saturated heterocycles. The van der Waals surface area contributed by atoms with Crippen LogP contribution in [0.4, 0.5) is 14.5 Å². The van der Waals surface area contributed by atoms with Crippen LogP contribution in [0.25, 0.3) is 11.0 Å². The fourth-order valence-electron chi connectivity index (χ4n) is 2.63. The van der Waals surface area contributed by atoms with Crippen LogP contribution in [0.1, 0.15) is 11.4 Å². The van der Waals surface area contributed by atoms with Gasteiger partial charge in [-0.25, -0.2) is 4.98 Å². The van der Waals surface area contributed by atoms with Gasteiger partial charge in [0.05, 0.1) is 22.0 Å². The van der Waals surface area contributed by atoms with Crippen molar-refractivity contribution >= 4 is 28.0 Å². The van der Waals surface area contributed by atoms with E-state index in [0.29, 0.717) is 5.56 Å². The van der Waals surface area contributed by atoms with Gasteiger partial charge in [0.15, 0.2) is 17.2 Å². The predicted octanol–water partition coefficient (Wildman–Crippen LogP) is 2.95. The molecule has 2 heterocycles. The molecule has 10 nitrogen and oxygen atoms in total. The van der Waals surface area contributed by atoms with Gasteiger partial charge in [0.2, 0.25) is 5.82 Å². The van der Waals surface area contributed by atoms with Crippen molar-refractivity contribution in [2.45, 2.75) is 13.2 Å². The van der Waals surface area contributed by atoms with Gasteiger partial charge in [0, 0.05) is 18.2 Å². The molecule has 2 aromatic carbocycles.